The first kappa shape index (κ1) is 21.2. The van der Waals surface area contributed by atoms with Crippen LogP contribution in [0, 0.1) is 0 Å². The summed E-state index contributed by atoms with van der Waals surface area (Å²) in [7, 11) is 1.87. The van der Waals surface area contributed by atoms with Gasteiger partial charge in [-0.3, -0.25) is 0 Å². The summed E-state index contributed by atoms with van der Waals surface area (Å²) in [5.41, 5.74) is 1.61. The van der Waals surface area contributed by atoms with Crippen molar-refractivity contribution in [3.05, 3.63) is 54.2 Å². The van der Waals surface area contributed by atoms with Crippen molar-refractivity contribution in [2.45, 2.75) is 24.7 Å². The first-order valence-electron chi connectivity index (χ1n) is 9.68. The van der Waals surface area contributed by atoms with Crippen LogP contribution in [-0.4, -0.2) is 51.6 Å². The third-order valence-electron chi connectivity index (χ3n) is 4.85. The number of aryl methyl sites for hydroxylation is 1. The highest BCUT2D eigenvalue weighted by atomic mass is 32.2. The minimum Gasteiger partial charge on any atom is -0.497 e. The Bertz CT molecular complexity index is 1090. The Morgan fingerprint density at radius 1 is 1.07 bits per heavy atom. The van der Waals surface area contributed by atoms with Crippen molar-refractivity contribution in [3.8, 4) is 11.5 Å². The van der Waals surface area contributed by atoms with Crippen LogP contribution in [0.15, 0.2) is 53.6 Å². The van der Waals surface area contributed by atoms with Crippen LogP contribution < -0.4 is 9.47 Å². The quantitative estimate of drug-likeness (QED) is 0.497. The minimum absolute atomic E-state index is 0.214. The maximum absolute atomic E-state index is 13.3. The van der Waals surface area contributed by atoms with Crippen LogP contribution in [0.25, 0.3) is 10.9 Å². The molecule has 0 aliphatic heterocycles. The third kappa shape index (κ3) is 4.57. The van der Waals surface area contributed by atoms with E-state index >= 15 is 0 Å². The average molecular weight is 417 g/mol. The number of ether oxygens (including phenoxy) is 2. The number of nitrogens with zero attached hydrogens (tertiary/aromatic N) is 2. The van der Waals surface area contributed by atoms with Gasteiger partial charge in [0.15, 0.2) is 0 Å². The summed E-state index contributed by atoms with van der Waals surface area (Å²) in [6.45, 7) is 3.49. The SMILES string of the molecule is CCc1ccc(S(=O)(=O)n2ccc3cc(OC)ccc32)cc1OCCCN(C)C. The molecule has 0 aliphatic rings. The molecule has 0 fully saturated rings. The molecule has 3 aromatic rings. The molecule has 0 unspecified atom stereocenters. The number of rotatable bonds is 9. The van der Waals surface area contributed by atoms with Crippen molar-refractivity contribution in [2.24, 2.45) is 0 Å². The minimum atomic E-state index is -3.75. The van der Waals surface area contributed by atoms with E-state index in [4.69, 9.17) is 9.47 Å². The van der Waals surface area contributed by atoms with Crippen LogP contribution in [0.2, 0.25) is 0 Å². The molecule has 29 heavy (non-hydrogen) atoms. The Morgan fingerprint density at radius 2 is 1.86 bits per heavy atom. The van der Waals surface area contributed by atoms with Gasteiger partial charge in [-0.05, 0) is 62.8 Å². The van der Waals surface area contributed by atoms with E-state index in [1.165, 1.54) is 3.97 Å². The Balaban J connectivity index is 1.93. The van der Waals surface area contributed by atoms with Gasteiger partial charge in [0.1, 0.15) is 11.5 Å². The fourth-order valence-corrected chi connectivity index (χ4v) is 4.60. The van der Waals surface area contributed by atoms with Crippen molar-refractivity contribution >= 4 is 20.9 Å². The van der Waals surface area contributed by atoms with Gasteiger partial charge < -0.3 is 14.4 Å². The molecule has 3 rings (SSSR count). The van der Waals surface area contributed by atoms with E-state index < -0.39 is 10.0 Å². The van der Waals surface area contributed by atoms with Gasteiger partial charge in [0, 0.05) is 24.2 Å². The molecule has 0 spiro atoms. The van der Waals surface area contributed by atoms with Gasteiger partial charge in [0.25, 0.3) is 10.0 Å². The first-order valence-corrected chi connectivity index (χ1v) is 11.1. The highest BCUT2D eigenvalue weighted by Gasteiger charge is 2.21. The molecule has 7 heteroatoms. The zero-order valence-electron chi connectivity index (χ0n) is 17.4. The Morgan fingerprint density at radius 3 is 2.55 bits per heavy atom. The number of hydrogen-bond donors (Lipinski definition) is 0. The Hall–Kier alpha value is -2.51. The highest BCUT2D eigenvalue weighted by molar-refractivity contribution is 7.90. The summed E-state index contributed by atoms with van der Waals surface area (Å²) in [6.07, 6.45) is 3.22. The van der Waals surface area contributed by atoms with E-state index in [1.807, 2.05) is 33.2 Å². The number of methoxy groups -OCH3 is 1. The summed E-state index contributed by atoms with van der Waals surface area (Å²) in [5, 5.41) is 0.804. The zero-order valence-corrected chi connectivity index (χ0v) is 18.2. The van der Waals surface area contributed by atoms with E-state index in [2.05, 4.69) is 4.90 Å². The summed E-state index contributed by atoms with van der Waals surface area (Å²) in [5.74, 6) is 1.32. The van der Waals surface area contributed by atoms with Gasteiger partial charge in [-0.15, -0.1) is 0 Å². The van der Waals surface area contributed by atoms with Crippen LogP contribution in [0.3, 0.4) is 0 Å². The lowest BCUT2D eigenvalue weighted by molar-refractivity contribution is 0.279. The van der Waals surface area contributed by atoms with Crippen molar-refractivity contribution in [1.82, 2.24) is 8.87 Å². The topological polar surface area (TPSA) is 60.8 Å². The van der Waals surface area contributed by atoms with Gasteiger partial charge in [-0.1, -0.05) is 13.0 Å². The summed E-state index contributed by atoms with van der Waals surface area (Å²) in [6, 6.07) is 12.2. The average Bonchev–Trinajstić information content (AvgIpc) is 3.14. The van der Waals surface area contributed by atoms with Gasteiger partial charge >= 0.3 is 0 Å². The molecular formula is C22H28N2O4S. The first-order chi connectivity index (χ1) is 13.9. The summed E-state index contributed by atoms with van der Waals surface area (Å²) in [4.78, 5) is 2.31. The Labute approximate surface area is 172 Å². The number of hydrogen-bond acceptors (Lipinski definition) is 5. The molecular weight excluding hydrogens is 388 g/mol. The second kappa shape index (κ2) is 8.88. The predicted molar refractivity (Wildman–Crippen MR) is 116 cm³/mol. The van der Waals surface area contributed by atoms with Crippen LogP contribution in [0.1, 0.15) is 18.9 Å². The maximum atomic E-state index is 13.3. The fraction of sp³-hybridized carbons (Fsp3) is 0.364. The van der Waals surface area contributed by atoms with Crippen LogP contribution in [0.4, 0.5) is 0 Å². The van der Waals surface area contributed by atoms with Crippen LogP contribution in [-0.2, 0) is 16.4 Å². The van der Waals surface area contributed by atoms with Gasteiger partial charge in [0.2, 0.25) is 0 Å². The monoisotopic (exact) mass is 416 g/mol. The fourth-order valence-electron chi connectivity index (χ4n) is 3.23. The summed E-state index contributed by atoms with van der Waals surface area (Å²) < 4.78 is 39.1. The molecule has 0 saturated heterocycles. The lowest BCUT2D eigenvalue weighted by Gasteiger charge is -2.15. The van der Waals surface area contributed by atoms with Gasteiger partial charge in [-0.25, -0.2) is 12.4 Å². The Kier molecular flexibility index (Phi) is 6.49. The third-order valence-corrected chi connectivity index (χ3v) is 6.53. The van der Waals surface area contributed by atoms with Crippen LogP contribution >= 0.6 is 0 Å². The normalized spacial score (nSPS) is 11.9. The smallest absolute Gasteiger partial charge is 0.268 e. The standard InChI is InChI=1S/C22H28N2O4S/c1-5-17-7-9-20(16-22(17)28-14-6-12-23(2)3)29(25,26)24-13-11-18-15-19(27-4)8-10-21(18)24/h7-11,13,15-16H,5-6,12,14H2,1-4H3. The molecule has 0 radical (unpaired) electrons. The predicted octanol–water partition coefficient (Wildman–Crippen LogP) is 3.78. The largest absolute Gasteiger partial charge is 0.497 e. The molecule has 0 aliphatic carbocycles. The molecule has 0 saturated carbocycles. The van der Waals surface area contributed by atoms with Crippen molar-refractivity contribution in [1.29, 1.82) is 0 Å². The molecule has 0 atom stereocenters. The number of aromatic nitrogens is 1. The van der Waals surface area contributed by atoms with Gasteiger partial charge in [-0.2, -0.15) is 0 Å². The molecule has 0 amide bonds. The van der Waals surface area contributed by atoms with Gasteiger partial charge in [0.05, 0.1) is 24.1 Å². The number of fused-ring (bicyclic) bond motifs is 1. The highest BCUT2D eigenvalue weighted by Crippen LogP contribution is 2.29. The molecule has 2 aromatic carbocycles. The lowest BCUT2D eigenvalue weighted by Crippen LogP contribution is -2.16. The van der Waals surface area contributed by atoms with E-state index in [-0.39, 0.29) is 4.90 Å². The van der Waals surface area contributed by atoms with Crippen molar-refractivity contribution < 1.29 is 17.9 Å². The molecule has 6 nitrogen and oxygen atoms in total. The molecule has 1 aromatic heterocycles. The van der Waals surface area contributed by atoms with Crippen molar-refractivity contribution in [3.63, 3.8) is 0 Å². The summed E-state index contributed by atoms with van der Waals surface area (Å²) >= 11 is 0. The van der Waals surface area contributed by atoms with E-state index in [0.717, 1.165) is 30.3 Å². The van der Waals surface area contributed by atoms with Crippen LogP contribution in [0.5, 0.6) is 11.5 Å². The zero-order chi connectivity index (χ0) is 21.0. The van der Waals surface area contributed by atoms with Crippen molar-refractivity contribution in [2.75, 3.05) is 34.4 Å². The number of benzene rings is 2. The maximum Gasteiger partial charge on any atom is 0.268 e. The molecule has 156 valence electrons. The molecule has 1 heterocycles. The second-order valence-corrected chi connectivity index (χ2v) is 8.98. The van der Waals surface area contributed by atoms with E-state index in [0.29, 0.717) is 23.6 Å². The molecule has 0 bridgehead atoms. The lowest BCUT2D eigenvalue weighted by atomic mass is 10.1. The molecule has 0 N–H and O–H groups in total. The second-order valence-electron chi connectivity index (χ2n) is 7.17. The van der Waals surface area contributed by atoms with E-state index in [9.17, 15) is 8.42 Å². The van der Waals surface area contributed by atoms with E-state index in [1.54, 1.807) is 43.6 Å².